The van der Waals surface area contributed by atoms with Crippen molar-refractivity contribution in [3.05, 3.63) is 62.5 Å². The first-order chi connectivity index (χ1) is 15.7. The number of imide groups is 1. The van der Waals surface area contributed by atoms with E-state index in [9.17, 15) is 14.4 Å². The SMILES string of the molecule is CCOC(=O)[C@H](C)N1C(=O)S/C(=C/c2cc(OC)c(OCc3cccc(C)c3)cc2Br)C1=O. The van der Waals surface area contributed by atoms with Gasteiger partial charge < -0.3 is 14.2 Å². The average Bonchev–Trinajstić information content (AvgIpc) is 3.06. The summed E-state index contributed by atoms with van der Waals surface area (Å²) < 4.78 is 17.0. The van der Waals surface area contributed by atoms with Gasteiger partial charge in [0.05, 0.1) is 18.6 Å². The number of hydrogen-bond donors (Lipinski definition) is 0. The third-order valence-corrected chi connectivity index (χ3v) is 6.46. The van der Waals surface area contributed by atoms with Crippen molar-refractivity contribution in [1.29, 1.82) is 0 Å². The van der Waals surface area contributed by atoms with Crippen LogP contribution in [0.4, 0.5) is 4.79 Å². The first kappa shape index (κ1) is 24.9. The standard InChI is InChI=1S/C24H24BrNO6S/c1-5-31-23(28)15(3)26-22(27)21(33-24(26)29)11-17-10-19(30-4)20(12-18(17)25)32-13-16-8-6-7-14(2)9-16/h6-12,15H,5,13H2,1-4H3/b21-11+/t15-/m0/s1. The second kappa shape index (κ2) is 10.9. The number of rotatable bonds is 8. The molecular weight excluding hydrogens is 510 g/mol. The molecule has 1 saturated heterocycles. The molecule has 0 unspecified atom stereocenters. The van der Waals surface area contributed by atoms with Crippen LogP contribution in [0.2, 0.25) is 0 Å². The molecule has 0 saturated carbocycles. The van der Waals surface area contributed by atoms with E-state index in [2.05, 4.69) is 15.9 Å². The number of aryl methyl sites for hydroxylation is 1. The summed E-state index contributed by atoms with van der Waals surface area (Å²) in [5.74, 6) is -0.154. The Bertz CT molecular complexity index is 1120. The smallest absolute Gasteiger partial charge is 0.329 e. The maximum absolute atomic E-state index is 12.8. The van der Waals surface area contributed by atoms with E-state index in [0.29, 0.717) is 28.1 Å². The van der Waals surface area contributed by atoms with Crippen molar-refractivity contribution in [1.82, 2.24) is 4.90 Å². The number of halogens is 1. The van der Waals surface area contributed by atoms with Crippen LogP contribution >= 0.6 is 27.7 Å². The third kappa shape index (κ3) is 5.78. The molecule has 1 heterocycles. The summed E-state index contributed by atoms with van der Waals surface area (Å²) in [5.41, 5.74) is 2.80. The molecule has 0 bridgehead atoms. The number of nitrogens with zero attached hydrogens (tertiary/aromatic N) is 1. The Morgan fingerprint density at radius 2 is 1.97 bits per heavy atom. The van der Waals surface area contributed by atoms with Crippen LogP contribution in [0.1, 0.15) is 30.5 Å². The molecule has 0 aromatic heterocycles. The van der Waals surface area contributed by atoms with Crippen molar-refractivity contribution < 1.29 is 28.6 Å². The summed E-state index contributed by atoms with van der Waals surface area (Å²) in [5, 5.41) is -0.520. The van der Waals surface area contributed by atoms with E-state index in [0.717, 1.165) is 27.8 Å². The topological polar surface area (TPSA) is 82.1 Å². The van der Waals surface area contributed by atoms with Gasteiger partial charge in [0, 0.05) is 4.47 Å². The van der Waals surface area contributed by atoms with Gasteiger partial charge in [-0.1, -0.05) is 45.8 Å². The number of ether oxygens (including phenoxy) is 3. The van der Waals surface area contributed by atoms with Gasteiger partial charge in [-0.15, -0.1) is 0 Å². The molecule has 33 heavy (non-hydrogen) atoms. The second-order valence-corrected chi connectivity index (χ2v) is 9.13. The maximum atomic E-state index is 12.8. The quantitative estimate of drug-likeness (QED) is 0.334. The lowest BCUT2D eigenvalue weighted by Gasteiger charge is -2.19. The molecule has 2 amide bonds. The predicted octanol–water partition coefficient (Wildman–Crippen LogP) is 5.33. The minimum absolute atomic E-state index is 0.167. The summed E-state index contributed by atoms with van der Waals surface area (Å²) in [6.45, 7) is 5.69. The number of carbonyl (C=O) groups is 3. The molecule has 3 rings (SSSR count). The molecule has 174 valence electrons. The zero-order valence-corrected chi connectivity index (χ0v) is 21.1. The van der Waals surface area contributed by atoms with Gasteiger partial charge in [0.2, 0.25) is 0 Å². The number of hydrogen-bond acceptors (Lipinski definition) is 7. The fourth-order valence-corrected chi connectivity index (χ4v) is 4.56. The van der Waals surface area contributed by atoms with Gasteiger partial charge in [-0.25, -0.2) is 4.79 Å². The Labute approximate surface area is 205 Å². The molecule has 1 atom stereocenters. The fraction of sp³-hybridized carbons (Fsp3) is 0.292. The first-order valence-corrected chi connectivity index (χ1v) is 11.9. The molecule has 2 aromatic carbocycles. The number of methoxy groups -OCH3 is 1. The monoisotopic (exact) mass is 533 g/mol. The lowest BCUT2D eigenvalue weighted by Crippen LogP contribution is -2.42. The Balaban J connectivity index is 1.82. The van der Waals surface area contributed by atoms with Crippen LogP contribution in [-0.4, -0.2) is 41.8 Å². The summed E-state index contributed by atoms with van der Waals surface area (Å²) in [7, 11) is 1.53. The molecule has 0 aliphatic carbocycles. The predicted molar refractivity (Wildman–Crippen MR) is 130 cm³/mol. The molecule has 0 radical (unpaired) electrons. The van der Waals surface area contributed by atoms with E-state index in [1.807, 2.05) is 31.2 Å². The first-order valence-electron chi connectivity index (χ1n) is 10.2. The number of thioether (sulfide) groups is 1. The second-order valence-electron chi connectivity index (χ2n) is 7.28. The molecule has 2 aromatic rings. The van der Waals surface area contributed by atoms with Crippen molar-refractivity contribution >= 4 is 50.9 Å². The summed E-state index contributed by atoms with van der Waals surface area (Å²) in [6, 6.07) is 10.5. The normalized spacial score (nSPS) is 15.7. The lowest BCUT2D eigenvalue weighted by atomic mass is 10.1. The van der Waals surface area contributed by atoms with Gasteiger partial charge >= 0.3 is 5.97 Å². The van der Waals surface area contributed by atoms with Crippen molar-refractivity contribution in [2.45, 2.75) is 33.4 Å². The van der Waals surface area contributed by atoms with Crippen LogP contribution in [0.5, 0.6) is 11.5 Å². The van der Waals surface area contributed by atoms with E-state index >= 15 is 0 Å². The van der Waals surface area contributed by atoms with Crippen LogP contribution in [0, 0.1) is 6.92 Å². The van der Waals surface area contributed by atoms with E-state index in [1.54, 1.807) is 25.1 Å². The van der Waals surface area contributed by atoms with E-state index in [-0.39, 0.29) is 11.5 Å². The average molecular weight is 534 g/mol. The number of benzene rings is 2. The number of amides is 2. The highest BCUT2D eigenvalue weighted by molar-refractivity contribution is 9.10. The molecule has 7 nitrogen and oxygen atoms in total. The molecule has 1 aliphatic heterocycles. The van der Waals surface area contributed by atoms with Gasteiger partial charge in [0.15, 0.2) is 11.5 Å². The summed E-state index contributed by atoms with van der Waals surface area (Å²) in [4.78, 5) is 38.4. The van der Waals surface area contributed by atoms with E-state index in [4.69, 9.17) is 14.2 Å². The van der Waals surface area contributed by atoms with Crippen LogP contribution in [0.15, 0.2) is 45.8 Å². The molecule has 9 heteroatoms. The fourth-order valence-electron chi connectivity index (χ4n) is 3.22. The van der Waals surface area contributed by atoms with Gasteiger partial charge in [-0.2, -0.15) is 0 Å². The van der Waals surface area contributed by atoms with Crippen LogP contribution in [-0.2, 0) is 20.9 Å². The number of carbonyl (C=O) groups excluding carboxylic acids is 3. The van der Waals surface area contributed by atoms with Crippen LogP contribution < -0.4 is 9.47 Å². The van der Waals surface area contributed by atoms with Crippen molar-refractivity contribution in [2.24, 2.45) is 0 Å². The Kier molecular flexibility index (Phi) is 8.20. The van der Waals surface area contributed by atoms with E-state index in [1.165, 1.54) is 14.0 Å². The Morgan fingerprint density at radius 3 is 2.64 bits per heavy atom. The molecule has 0 N–H and O–H groups in total. The maximum Gasteiger partial charge on any atom is 0.329 e. The molecule has 1 fully saturated rings. The highest BCUT2D eigenvalue weighted by Crippen LogP contribution is 2.39. The van der Waals surface area contributed by atoms with Gasteiger partial charge in [-0.05, 0) is 61.9 Å². The third-order valence-electron chi connectivity index (χ3n) is 4.88. The van der Waals surface area contributed by atoms with Gasteiger partial charge in [0.1, 0.15) is 12.6 Å². The Hall–Kier alpha value is -2.78. The Morgan fingerprint density at radius 1 is 1.21 bits per heavy atom. The van der Waals surface area contributed by atoms with E-state index < -0.39 is 23.2 Å². The molecular formula is C24H24BrNO6S. The number of esters is 1. The van der Waals surface area contributed by atoms with Gasteiger partial charge in [-0.3, -0.25) is 14.5 Å². The van der Waals surface area contributed by atoms with Crippen molar-refractivity contribution in [3.8, 4) is 11.5 Å². The zero-order valence-electron chi connectivity index (χ0n) is 18.7. The van der Waals surface area contributed by atoms with Crippen molar-refractivity contribution in [3.63, 3.8) is 0 Å². The van der Waals surface area contributed by atoms with Gasteiger partial charge in [0.25, 0.3) is 11.1 Å². The van der Waals surface area contributed by atoms with Crippen LogP contribution in [0.3, 0.4) is 0 Å². The molecule has 1 aliphatic rings. The summed E-state index contributed by atoms with van der Waals surface area (Å²) >= 11 is 4.28. The molecule has 0 spiro atoms. The minimum Gasteiger partial charge on any atom is -0.493 e. The highest BCUT2D eigenvalue weighted by atomic mass is 79.9. The lowest BCUT2D eigenvalue weighted by molar-refractivity contribution is -0.150. The summed E-state index contributed by atoms with van der Waals surface area (Å²) in [6.07, 6.45) is 1.58. The highest BCUT2D eigenvalue weighted by Gasteiger charge is 2.41. The minimum atomic E-state index is -1.00. The largest absolute Gasteiger partial charge is 0.493 e. The zero-order chi connectivity index (χ0) is 24.1. The van der Waals surface area contributed by atoms with Crippen LogP contribution in [0.25, 0.3) is 6.08 Å². The van der Waals surface area contributed by atoms with Crippen molar-refractivity contribution in [2.75, 3.05) is 13.7 Å².